The van der Waals surface area contributed by atoms with Gasteiger partial charge in [-0.05, 0) is 44.6 Å². The number of nitrogens with zero attached hydrogens (tertiary/aromatic N) is 4. The van der Waals surface area contributed by atoms with Crippen LogP contribution in [0.5, 0.6) is 0 Å². The topological polar surface area (TPSA) is 54.2 Å². The average Bonchev–Trinajstić information content (AvgIpc) is 2.87. The van der Waals surface area contributed by atoms with Gasteiger partial charge in [0.2, 0.25) is 0 Å². The average molecular weight is 274 g/mol. The van der Waals surface area contributed by atoms with E-state index in [1.165, 1.54) is 0 Å². The highest BCUT2D eigenvalue weighted by atomic mass is 16.3. The molecule has 5 heteroatoms. The Labute approximate surface area is 119 Å². The fourth-order valence-corrected chi connectivity index (χ4v) is 3.12. The number of likely N-dealkylation sites (tertiary alicyclic amines) is 1. The number of imidazole rings is 1. The van der Waals surface area contributed by atoms with Crippen molar-refractivity contribution < 1.29 is 5.11 Å². The first-order valence-electron chi connectivity index (χ1n) is 7.47. The summed E-state index contributed by atoms with van der Waals surface area (Å²) in [5, 5.41) is 9.32. The van der Waals surface area contributed by atoms with Crippen molar-refractivity contribution in [1.29, 1.82) is 0 Å². The molecule has 1 N–H and O–H groups in total. The molecule has 0 amide bonds. The predicted octanol–water partition coefficient (Wildman–Crippen LogP) is 1.62. The number of hydrogen-bond donors (Lipinski definition) is 1. The molecule has 1 saturated heterocycles. The van der Waals surface area contributed by atoms with E-state index in [2.05, 4.69) is 21.4 Å². The number of rotatable bonds is 4. The van der Waals surface area contributed by atoms with Gasteiger partial charge in [-0.1, -0.05) is 6.92 Å². The molecule has 0 radical (unpaired) electrons. The normalized spacial score (nSPS) is 17.9. The molecule has 0 aromatic carbocycles. The summed E-state index contributed by atoms with van der Waals surface area (Å²) in [5.41, 5.74) is 1.84. The van der Waals surface area contributed by atoms with E-state index in [1.807, 2.05) is 12.1 Å². The number of hydrogen-bond acceptors (Lipinski definition) is 4. The van der Waals surface area contributed by atoms with Crippen molar-refractivity contribution in [2.75, 3.05) is 26.2 Å². The maximum atomic E-state index is 9.32. The van der Waals surface area contributed by atoms with Crippen molar-refractivity contribution >= 4 is 11.2 Å². The number of aliphatic hydroxyl groups excluding tert-OH is 1. The summed E-state index contributed by atoms with van der Waals surface area (Å²) in [6.07, 6.45) is 4.08. The SMILES string of the molecule is CCN1CCC(c2nc3cccnc3n2CCO)CC1. The molecule has 0 bridgehead atoms. The predicted molar refractivity (Wildman–Crippen MR) is 78.7 cm³/mol. The smallest absolute Gasteiger partial charge is 0.160 e. The third-order valence-corrected chi connectivity index (χ3v) is 4.26. The Hall–Kier alpha value is -1.46. The first-order chi connectivity index (χ1) is 9.83. The van der Waals surface area contributed by atoms with Crippen LogP contribution < -0.4 is 0 Å². The van der Waals surface area contributed by atoms with Gasteiger partial charge in [0.15, 0.2) is 5.65 Å². The van der Waals surface area contributed by atoms with Crippen molar-refractivity contribution in [1.82, 2.24) is 19.4 Å². The second kappa shape index (κ2) is 5.89. The highest BCUT2D eigenvalue weighted by molar-refractivity contribution is 5.71. The molecular weight excluding hydrogens is 252 g/mol. The van der Waals surface area contributed by atoms with E-state index < -0.39 is 0 Å². The lowest BCUT2D eigenvalue weighted by Gasteiger charge is -2.30. The number of piperidine rings is 1. The van der Waals surface area contributed by atoms with E-state index in [0.717, 1.165) is 49.5 Å². The molecule has 0 saturated carbocycles. The zero-order chi connectivity index (χ0) is 13.9. The van der Waals surface area contributed by atoms with Crippen LogP contribution in [0.2, 0.25) is 0 Å². The van der Waals surface area contributed by atoms with E-state index >= 15 is 0 Å². The third kappa shape index (κ3) is 2.43. The standard InChI is InChI=1S/C15H22N4O/c1-2-18-8-5-12(6-9-18)14-17-13-4-3-7-16-15(13)19(14)10-11-20/h3-4,7,12,20H,2,5-6,8-11H2,1H3. The molecule has 2 aromatic rings. The van der Waals surface area contributed by atoms with E-state index in [0.29, 0.717) is 12.5 Å². The number of aromatic nitrogens is 3. The van der Waals surface area contributed by atoms with Crippen molar-refractivity contribution in [2.24, 2.45) is 0 Å². The molecule has 0 aliphatic carbocycles. The summed E-state index contributed by atoms with van der Waals surface area (Å²) in [4.78, 5) is 11.7. The molecule has 3 heterocycles. The van der Waals surface area contributed by atoms with Crippen LogP contribution >= 0.6 is 0 Å². The molecule has 5 nitrogen and oxygen atoms in total. The van der Waals surface area contributed by atoms with E-state index in [9.17, 15) is 5.11 Å². The fourth-order valence-electron chi connectivity index (χ4n) is 3.12. The van der Waals surface area contributed by atoms with Crippen LogP contribution in [-0.4, -0.2) is 50.8 Å². The van der Waals surface area contributed by atoms with E-state index in [1.54, 1.807) is 6.20 Å². The first kappa shape index (κ1) is 13.5. The van der Waals surface area contributed by atoms with Crippen LogP contribution in [0.3, 0.4) is 0 Å². The number of aliphatic hydroxyl groups is 1. The van der Waals surface area contributed by atoms with Crippen molar-refractivity contribution in [3.8, 4) is 0 Å². The minimum Gasteiger partial charge on any atom is -0.395 e. The summed E-state index contributed by atoms with van der Waals surface area (Å²) in [7, 11) is 0. The summed E-state index contributed by atoms with van der Waals surface area (Å²) < 4.78 is 2.10. The Morgan fingerprint density at radius 3 is 2.85 bits per heavy atom. The van der Waals surface area contributed by atoms with Crippen LogP contribution in [0.15, 0.2) is 18.3 Å². The third-order valence-electron chi connectivity index (χ3n) is 4.26. The second-order valence-corrected chi connectivity index (χ2v) is 5.40. The quantitative estimate of drug-likeness (QED) is 0.920. The van der Waals surface area contributed by atoms with Crippen molar-refractivity contribution in [3.05, 3.63) is 24.2 Å². The van der Waals surface area contributed by atoms with Gasteiger partial charge in [-0.25, -0.2) is 9.97 Å². The van der Waals surface area contributed by atoms with Crippen LogP contribution in [0.25, 0.3) is 11.2 Å². The Kier molecular flexibility index (Phi) is 3.98. The molecule has 0 spiro atoms. The van der Waals surface area contributed by atoms with Crippen molar-refractivity contribution in [3.63, 3.8) is 0 Å². The highest BCUT2D eigenvalue weighted by Gasteiger charge is 2.25. The Morgan fingerprint density at radius 1 is 1.35 bits per heavy atom. The van der Waals surface area contributed by atoms with Crippen LogP contribution in [0.4, 0.5) is 0 Å². The lowest BCUT2D eigenvalue weighted by Crippen LogP contribution is -2.33. The number of fused-ring (bicyclic) bond motifs is 1. The lowest BCUT2D eigenvalue weighted by molar-refractivity contribution is 0.215. The molecule has 0 atom stereocenters. The first-order valence-corrected chi connectivity index (χ1v) is 7.47. The van der Waals surface area contributed by atoms with Gasteiger partial charge in [0.05, 0.1) is 6.61 Å². The summed E-state index contributed by atoms with van der Waals surface area (Å²) in [6, 6.07) is 3.92. The highest BCUT2D eigenvalue weighted by Crippen LogP contribution is 2.29. The maximum absolute atomic E-state index is 9.32. The lowest BCUT2D eigenvalue weighted by atomic mass is 9.96. The van der Waals surface area contributed by atoms with Gasteiger partial charge >= 0.3 is 0 Å². The largest absolute Gasteiger partial charge is 0.395 e. The Morgan fingerprint density at radius 2 is 2.15 bits per heavy atom. The molecule has 1 fully saturated rings. The van der Waals surface area contributed by atoms with Gasteiger partial charge in [-0.2, -0.15) is 0 Å². The van der Waals surface area contributed by atoms with Crippen LogP contribution in [0.1, 0.15) is 31.5 Å². The minimum atomic E-state index is 0.128. The Bertz CT molecular complexity index is 572. The monoisotopic (exact) mass is 274 g/mol. The zero-order valence-corrected chi connectivity index (χ0v) is 12.0. The summed E-state index contributed by atoms with van der Waals surface area (Å²) in [5.74, 6) is 1.59. The molecule has 0 unspecified atom stereocenters. The molecule has 20 heavy (non-hydrogen) atoms. The molecule has 2 aromatic heterocycles. The van der Waals surface area contributed by atoms with Crippen LogP contribution in [-0.2, 0) is 6.54 Å². The molecular formula is C15H22N4O. The van der Waals surface area contributed by atoms with Crippen molar-refractivity contribution in [2.45, 2.75) is 32.2 Å². The van der Waals surface area contributed by atoms with E-state index in [-0.39, 0.29) is 6.61 Å². The summed E-state index contributed by atoms with van der Waals surface area (Å²) in [6.45, 7) is 6.32. The van der Waals surface area contributed by atoms with Gasteiger partial charge < -0.3 is 14.6 Å². The van der Waals surface area contributed by atoms with E-state index in [4.69, 9.17) is 4.98 Å². The fraction of sp³-hybridized carbons (Fsp3) is 0.600. The Balaban J connectivity index is 1.92. The molecule has 108 valence electrons. The van der Waals surface area contributed by atoms with Gasteiger partial charge in [-0.3, -0.25) is 0 Å². The minimum absolute atomic E-state index is 0.128. The van der Waals surface area contributed by atoms with Crippen LogP contribution in [0, 0.1) is 0 Å². The van der Waals surface area contributed by atoms with Gasteiger partial charge in [0.1, 0.15) is 11.3 Å². The number of pyridine rings is 1. The molecule has 1 aliphatic heterocycles. The summed E-state index contributed by atoms with van der Waals surface area (Å²) >= 11 is 0. The van der Waals surface area contributed by atoms with Gasteiger partial charge in [0, 0.05) is 18.7 Å². The second-order valence-electron chi connectivity index (χ2n) is 5.40. The maximum Gasteiger partial charge on any atom is 0.160 e. The van der Waals surface area contributed by atoms with Gasteiger partial charge in [0.25, 0.3) is 0 Å². The zero-order valence-electron chi connectivity index (χ0n) is 12.0. The molecule has 3 rings (SSSR count). The van der Waals surface area contributed by atoms with Gasteiger partial charge in [-0.15, -0.1) is 0 Å². The molecule has 1 aliphatic rings.